The molecule has 0 unspecified atom stereocenters. The van der Waals surface area contributed by atoms with E-state index in [1.54, 1.807) is 23.8 Å². The van der Waals surface area contributed by atoms with E-state index in [1.807, 2.05) is 0 Å². The predicted molar refractivity (Wildman–Crippen MR) is 93.5 cm³/mol. The number of nitrogens with one attached hydrogen (secondary N) is 1. The van der Waals surface area contributed by atoms with Gasteiger partial charge in [-0.2, -0.15) is 4.31 Å². The van der Waals surface area contributed by atoms with Crippen molar-refractivity contribution >= 4 is 15.9 Å². The van der Waals surface area contributed by atoms with E-state index in [0.29, 0.717) is 11.3 Å². The van der Waals surface area contributed by atoms with E-state index >= 15 is 0 Å². The molecule has 0 radical (unpaired) electrons. The number of morpholine rings is 1. The molecular formula is C17H19N3O6S. The molecule has 2 atom stereocenters. The largest absolute Gasteiger partial charge is 0.497 e. The molecule has 0 bridgehead atoms. The lowest BCUT2D eigenvalue weighted by atomic mass is 10.0. The van der Waals surface area contributed by atoms with Crippen molar-refractivity contribution in [1.82, 2.24) is 14.8 Å². The molecule has 0 spiro atoms. The normalized spacial score (nSPS) is 20.8. The molecule has 1 amide bonds. The van der Waals surface area contributed by atoms with Crippen LogP contribution >= 0.6 is 0 Å². The van der Waals surface area contributed by atoms with Crippen molar-refractivity contribution in [3.05, 3.63) is 54.4 Å². The number of ether oxygens (including phenoxy) is 2. The second-order valence-corrected chi connectivity index (χ2v) is 7.68. The molecule has 3 rings (SSSR count). The maximum atomic E-state index is 13.1. The zero-order chi connectivity index (χ0) is 19.4. The van der Waals surface area contributed by atoms with Crippen LogP contribution in [0.25, 0.3) is 0 Å². The first-order valence-corrected chi connectivity index (χ1v) is 9.54. The summed E-state index contributed by atoms with van der Waals surface area (Å²) >= 11 is 0. The van der Waals surface area contributed by atoms with Gasteiger partial charge in [0.25, 0.3) is 5.91 Å². The Morgan fingerprint density at radius 3 is 2.67 bits per heavy atom. The summed E-state index contributed by atoms with van der Waals surface area (Å²) in [6, 6.07) is 7.88. The second-order valence-electron chi connectivity index (χ2n) is 5.79. The Balaban J connectivity index is 2.01. The first-order chi connectivity index (χ1) is 13.0. The standard InChI is InChI=1S/C17H19N3O6S/c1-25-13-4-6-14(7-5-13)27(23,24)20-9-10-26-16(15(20)17(21)19-22)12-3-2-8-18-11-12/h2-8,11,15-16,22H,9-10H2,1H3,(H,19,21)/t15-,16+/m1/s1. The fraction of sp³-hybridized carbons (Fsp3) is 0.294. The maximum Gasteiger partial charge on any atom is 0.264 e. The zero-order valence-electron chi connectivity index (χ0n) is 14.5. The summed E-state index contributed by atoms with van der Waals surface area (Å²) in [6.07, 6.45) is 2.14. The summed E-state index contributed by atoms with van der Waals surface area (Å²) in [6.45, 7) is 0.0490. The van der Waals surface area contributed by atoms with Crippen molar-refractivity contribution in [2.45, 2.75) is 17.0 Å². The quantitative estimate of drug-likeness (QED) is 0.568. The average Bonchev–Trinajstić information content (AvgIpc) is 2.73. The Labute approximate surface area is 156 Å². The number of hydrogen-bond donors (Lipinski definition) is 2. The summed E-state index contributed by atoms with van der Waals surface area (Å²) in [5.41, 5.74) is 2.07. The van der Waals surface area contributed by atoms with Gasteiger partial charge in [-0.3, -0.25) is 15.0 Å². The van der Waals surface area contributed by atoms with Crippen molar-refractivity contribution in [2.24, 2.45) is 0 Å². The number of sulfonamides is 1. The SMILES string of the molecule is COc1ccc(S(=O)(=O)N2CCO[C@@H](c3cccnc3)[C@@H]2C(=O)NO)cc1. The summed E-state index contributed by atoms with van der Waals surface area (Å²) in [5, 5.41) is 9.17. The van der Waals surface area contributed by atoms with Gasteiger partial charge in [0.05, 0.1) is 18.6 Å². The molecule has 27 heavy (non-hydrogen) atoms. The van der Waals surface area contributed by atoms with Crippen molar-refractivity contribution in [2.75, 3.05) is 20.3 Å². The Morgan fingerprint density at radius 1 is 1.33 bits per heavy atom. The fourth-order valence-corrected chi connectivity index (χ4v) is 4.53. The molecule has 1 saturated heterocycles. The maximum absolute atomic E-state index is 13.1. The van der Waals surface area contributed by atoms with Crippen molar-refractivity contribution in [3.63, 3.8) is 0 Å². The zero-order valence-corrected chi connectivity index (χ0v) is 15.3. The second kappa shape index (κ2) is 8.01. The topological polar surface area (TPSA) is 118 Å². The number of amides is 1. The number of nitrogens with zero attached hydrogens (tertiary/aromatic N) is 2. The van der Waals surface area contributed by atoms with Gasteiger partial charge >= 0.3 is 0 Å². The number of carbonyl (C=O) groups excluding carboxylic acids is 1. The highest BCUT2D eigenvalue weighted by molar-refractivity contribution is 7.89. The van der Waals surface area contributed by atoms with Gasteiger partial charge in [0.15, 0.2) is 0 Å². The number of methoxy groups -OCH3 is 1. The van der Waals surface area contributed by atoms with E-state index in [4.69, 9.17) is 14.7 Å². The first-order valence-electron chi connectivity index (χ1n) is 8.10. The van der Waals surface area contributed by atoms with E-state index in [1.165, 1.54) is 37.6 Å². The minimum atomic E-state index is -4.03. The highest BCUT2D eigenvalue weighted by Crippen LogP contribution is 2.32. The number of aromatic nitrogens is 1. The highest BCUT2D eigenvalue weighted by atomic mass is 32.2. The lowest BCUT2D eigenvalue weighted by Crippen LogP contribution is -2.56. The van der Waals surface area contributed by atoms with Gasteiger partial charge in [0.2, 0.25) is 10.0 Å². The Kier molecular flexibility index (Phi) is 5.71. The van der Waals surface area contributed by atoms with Gasteiger partial charge in [-0.15, -0.1) is 0 Å². The number of benzene rings is 1. The molecule has 9 nitrogen and oxygen atoms in total. The molecule has 2 aromatic rings. The Bertz CT molecular complexity index is 889. The third-order valence-corrected chi connectivity index (χ3v) is 6.16. The number of hydrogen-bond acceptors (Lipinski definition) is 7. The van der Waals surface area contributed by atoms with Gasteiger partial charge in [-0.25, -0.2) is 13.9 Å². The number of carbonyl (C=O) groups is 1. The van der Waals surface area contributed by atoms with Gasteiger partial charge in [-0.05, 0) is 30.3 Å². The van der Waals surface area contributed by atoms with Gasteiger partial charge < -0.3 is 9.47 Å². The lowest BCUT2D eigenvalue weighted by Gasteiger charge is -2.38. The van der Waals surface area contributed by atoms with Crippen LogP contribution in [-0.4, -0.2) is 55.1 Å². The minimum absolute atomic E-state index is 0.00544. The van der Waals surface area contributed by atoms with E-state index in [9.17, 15) is 13.2 Å². The van der Waals surface area contributed by atoms with Gasteiger partial charge in [0.1, 0.15) is 17.9 Å². The van der Waals surface area contributed by atoms with E-state index in [-0.39, 0.29) is 18.0 Å². The molecular weight excluding hydrogens is 374 g/mol. The smallest absolute Gasteiger partial charge is 0.264 e. The third kappa shape index (κ3) is 3.78. The molecule has 0 saturated carbocycles. The summed E-state index contributed by atoms with van der Waals surface area (Å²) in [4.78, 5) is 16.3. The summed E-state index contributed by atoms with van der Waals surface area (Å²) in [5.74, 6) is -0.380. The van der Waals surface area contributed by atoms with E-state index in [0.717, 1.165) is 4.31 Å². The summed E-state index contributed by atoms with van der Waals surface area (Å²) in [7, 11) is -2.55. The third-order valence-electron chi connectivity index (χ3n) is 4.26. The Morgan fingerprint density at radius 2 is 2.07 bits per heavy atom. The van der Waals surface area contributed by atoms with Crippen LogP contribution in [0, 0.1) is 0 Å². The van der Waals surface area contributed by atoms with E-state index in [2.05, 4.69) is 4.98 Å². The molecule has 0 aliphatic carbocycles. The van der Waals surface area contributed by atoms with E-state index < -0.39 is 28.1 Å². The highest BCUT2D eigenvalue weighted by Gasteiger charge is 2.45. The van der Waals surface area contributed by atoms with Gasteiger partial charge in [0, 0.05) is 24.5 Å². The number of hydroxylamine groups is 1. The predicted octanol–water partition coefficient (Wildman–Crippen LogP) is 0.726. The number of pyridine rings is 1. The van der Waals surface area contributed by atoms with Crippen LogP contribution in [0.15, 0.2) is 53.7 Å². The van der Waals surface area contributed by atoms with Crippen LogP contribution in [0.1, 0.15) is 11.7 Å². The molecule has 1 fully saturated rings. The lowest BCUT2D eigenvalue weighted by molar-refractivity contribution is -0.143. The first kappa shape index (κ1) is 19.2. The van der Waals surface area contributed by atoms with Crippen molar-refractivity contribution in [3.8, 4) is 5.75 Å². The van der Waals surface area contributed by atoms with Crippen molar-refractivity contribution in [1.29, 1.82) is 0 Å². The molecule has 1 aromatic heterocycles. The minimum Gasteiger partial charge on any atom is -0.497 e. The monoisotopic (exact) mass is 393 g/mol. The molecule has 1 aromatic carbocycles. The van der Waals surface area contributed by atoms with Crippen LogP contribution in [-0.2, 0) is 19.6 Å². The molecule has 144 valence electrons. The van der Waals surface area contributed by atoms with Crippen LogP contribution in [0.2, 0.25) is 0 Å². The van der Waals surface area contributed by atoms with Crippen molar-refractivity contribution < 1.29 is 27.9 Å². The Hall–Kier alpha value is -2.53. The van der Waals surface area contributed by atoms with Gasteiger partial charge in [-0.1, -0.05) is 6.07 Å². The summed E-state index contributed by atoms with van der Waals surface area (Å²) < 4.78 is 38.0. The molecule has 2 heterocycles. The van der Waals surface area contributed by atoms with Crippen LogP contribution < -0.4 is 10.2 Å². The number of rotatable bonds is 5. The molecule has 10 heteroatoms. The van der Waals surface area contributed by atoms with Crippen LogP contribution in [0.5, 0.6) is 5.75 Å². The molecule has 1 aliphatic rings. The van der Waals surface area contributed by atoms with Crippen LogP contribution in [0.3, 0.4) is 0 Å². The molecule has 1 aliphatic heterocycles. The fourth-order valence-electron chi connectivity index (χ4n) is 2.96. The van der Waals surface area contributed by atoms with Crippen LogP contribution in [0.4, 0.5) is 0 Å². The molecule has 2 N–H and O–H groups in total. The average molecular weight is 393 g/mol.